The van der Waals surface area contributed by atoms with Gasteiger partial charge >= 0.3 is 5.97 Å². The van der Waals surface area contributed by atoms with Crippen LogP contribution < -0.4 is 4.74 Å². The summed E-state index contributed by atoms with van der Waals surface area (Å²) in [6.07, 6.45) is 2.42. The second-order valence-corrected chi connectivity index (χ2v) is 4.10. The smallest absolute Gasteiger partial charge is 0.350 e. The number of rotatable bonds is 7. The molecule has 1 heterocycles. The van der Waals surface area contributed by atoms with E-state index in [9.17, 15) is 4.79 Å². The topological polar surface area (TPSA) is 81.0 Å². The number of hydrogen-bond acceptors (Lipinski definition) is 5. The van der Waals surface area contributed by atoms with Crippen LogP contribution in [0.2, 0.25) is 0 Å². The molecular formula is C15H14N2O4. The van der Waals surface area contributed by atoms with Crippen molar-refractivity contribution in [2.24, 2.45) is 5.16 Å². The molecule has 6 nitrogen and oxygen atoms in total. The Morgan fingerprint density at radius 2 is 2.00 bits per heavy atom. The molecule has 0 bridgehead atoms. The molecule has 2 rings (SSSR count). The summed E-state index contributed by atoms with van der Waals surface area (Å²) in [6.45, 7) is 0.601. The Labute approximate surface area is 121 Å². The maximum Gasteiger partial charge on any atom is 0.350 e. The van der Waals surface area contributed by atoms with Crippen LogP contribution in [-0.2, 0) is 22.8 Å². The summed E-state index contributed by atoms with van der Waals surface area (Å²) in [7, 11) is 0. The molecule has 0 saturated carbocycles. The van der Waals surface area contributed by atoms with Crippen molar-refractivity contribution in [1.82, 2.24) is 4.98 Å². The van der Waals surface area contributed by atoms with Crippen LogP contribution in [0.15, 0.2) is 53.8 Å². The van der Waals surface area contributed by atoms with Crippen LogP contribution in [0.4, 0.5) is 0 Å². The zero-order valence-corrected chi connectivity index (χ0v) is 11.2. The van der Waals surface area contributed by atoms with Crippen molar-refractivity contribution in [2.45, 2.75) is 13.2 Å². The predicted octanol–water partition coefficient (Wildman–Crippen LogP) is 2.25. The first-order valence-corrected chi connectivity index (χ1v) is 6.24. The van der Waals surface area contributed by atoms with Crippen LogP contribution in [-0.4, -0.2) is 22.3 Å². The molecule has 0 amide bonds. The van der Waals surface area contributed by atoms with Crippen LogP contribution in [0.1, 0.15) is 11.3 Å². The predicted molar refractivity (Wildman–Crippen MR) is 75.9 cm³/mol. The Kier molecular flexibility index (Phi) is 5.28. The van der Waals surface area contributed by atoms with Gasteiger partial charge in [-0.3, -0.25) is 4.98 Å². The molecule has 0 radical (unpaired) electrons. The fourth-order valence-corrected chi connectivity index (χ4v) is 1.52. The van der Waals surface area contributed by atoms with E-state index in [2.05, 4.69) is 10.1 Å². The monoisotopic (exact) mass is 286 g/mol. The van der Waals surface area contributed by atoms with Crippen LogP contribution in [0.5, 0.6) is 5.75 Å². The molecular weight excluding hydrogens is 272 g/mol. The van der Waals surface area contributed by atoms with Crippen LogP contribution >= 0.6 is 0 Å². The van der Waals surface area contributed by atoms with E-state index in [1.165, 1.54) is 0 Å². The van der Waals surface area contributed by atoms with Crippen molar-refractivity contribution in [1.29, 1.82) is 0 Å². The lowest BCUT2D eigenvalue weighted by molar-refractivity contribution is -0.129. The highest BCUT2D eigenvalue weighted by Gasteiger charge is 1.98. The number of carboxylic acids is 1. The number of hydrogen-bond donors (Lipinski definition) is 1. The summed E-state index contributed by atoms with van der Waals surface area (Å²) in [5, 5.41) is 11.6. The average Bonchev–Trinajstić information content (AvgIpc) is 2.51. The quantitative estimate of drug-likeness (QED) is 0.623. The number of carbonyl (C=O) groups is 1. The summed E-state index contributed by atoms with van der Waals surface area (Å²) in [5.41, 5.74) is 1.72. The Hall–Kier alpha value is -2.89. The molecule has 0 saturated heterocycles. The molecule has 1 aromatic heterocycles. The van der Waals surface area contributed by atoms with Crippen molar-refractivity contribution in [3.05, 3.63) is 59.9 Å². The summed E-state index contributed by atoms with van der Waals surface area (Å²) >= 11 is 0. The number of carboxylic acid groups (broad SMARTS) is 1. The lowest BCUT2D eigenvalue weighted by atomic mass is 10.2. The van der Waals surface area contributed by atoms with E-state index < -0.39 is 5.97 Å². The second-order valence-electron chi connectivity index (χ2n) is 4.10. The number of oxime groups is 1. The van der Waals surface area contributed by atoms with Gasteiger partial charge in [0.15, 0.2) is 6.21 Å². The van der Waals surface area contributed by atoms with E-state index in [4.69, 9.17) is 14.7 Å². The molecule has 0 unspecified atom stereocenters. The minimum absolute atomic E-state index is 0.199. The molecule has 0 fully saturated rings. The van der Waals surface area contributed by atoms with E-state index in [1.54, 1.807) is 6.20 Å². The minimum Gasteiger partial charge on any atom is -0.487 e. The number of aliphatic carboxylic acids is 1. The van der Waals surface area contributed by atoms with Gasteiger partial charge in [-0.15, -0.1) is 0 Å². The average molecular weight is 286 g/mol. The maximum atomic E-state index is 10.2. The number of ether oxygens (including phenoxy) is 1. The van der Waals surface area contributed by atoms with Crippen LogP contribution in [0, 0.1) is 0 Å². The third-order valence-corrected chi connectivity index (χ3v) is 2.51. The van der Waals surface area contributed by atoms with Crippen molar-refractivity contribution in [2.75, 3.05) is 0 Å². The Morgan fingerprint density at radius 1 is 1.19 bits per heavy atom. The van der Waals surface area contributed by atoms with E-state index in [0.717, 1.165) is 17.0 Å². The van der Waals surface area contributed by atoms with Crippen molar-refractivity contribution in [3.8, 4) is 5.75 Å². The molecule has 6 heteroatoms. The molecule has 1 N–H and O–H groups in total. The second kappa shape index (κ2) is 7.64. The summed E-state index contributed by atoms with van der Waals surface area (Å²) in [4.78, 5) is 19.2. The van der Waals surface area contributed by atoms with Crippen molar-refractivity contribution < 1.29 is 19.5 Å². The van der Waals surface area contributed by atoms with E-state index in [-0.39, 0.29) is 6.61 Å². The molecule has 108 valence electrons. The first-order valence-electron chi connectivity index (χ1n) is 6.24. The van der Waals surface area contributed by atoms with Gasteiger partial charge in [0, 0.05) is 6.20 Å². The van der Waals surface area contributed by atoms with Gasteiger partial charge in [0.25, 0.3) is 0 Å². The van der Waals surface area contributed by atoms with Gasteiger partial charge < -0.3 is 14.7 Å². The molecule has 0 aliphatic rings. The van der Waals surface area contributed by atoms with Gasteiger partial charge in [-0.05, 0) is 29.8 Å². The molecule has 1 aromatic carbocycles. The zero-order chi connectivity index (χ0) is 14.9. The Bertz CT molecular complexity index is 597. The highest BCUT2D eigenvalue weighted by molar-refractivity contribution is 6.21. The summed E-state index contributed by atoms with van der Waals surface area (Å²) < 4.78 is 5.59. The van der Waals surface area contributed by atoms with Crippen molar-refractivity contribution >= 4 is 12.2 Å². The van der Waals surface area contributed by atoms with Gasteiger partial charge in [-0.1, -0.05) is 23.4 Å². The molecule has 0 aliphatic carbocycles. The van der Waals surface area contributed by atoms with Gasteiger partial charge in [-0.2, -0.15) is 0 Å². The third-order valence-electron chi connectivity index (χ3n) is 2.51. The first-order chi connectivity index (χ1) is 10.2. The SMILES string of the molecule is O=C(O)C=NOCc1ccc(OCc2ccccn2)cc1. The summed E-state index contributed by atoms with van der Waals surface area (Å²) in [6, 6.07) is 12.9. The lowest BCUT2D eigenvalue weighted by Gasteiger charge is -2.06. The number of benzene rings is 1. The Morgan fingerprint density at radius 3 is 2.67 bits per heavy atom. The molecule has 2 aromatic rings. The van der Waals surface area contributed by atoms with Gasteiger partial charge in [-0.25, -0.2) is 4.79 Å². The first kappa shape index (κ1) is 14.5. The van der Waals surface area contributed by atoms with Crippen LogP contribution in [0.25, 0.3) is 0 Å². The third kappa shape index (κ3) is 5.32. The largest absolute Gasteiger partial charge is 0.487 e. The summed E-state index contributed by atoms with van der Waals surface area (Å²) in [5.74, 6) is -0.424. The Balaban J connectivity index is 1.80. The maximum absolute atomic E-state index is 10.2. The highest BCUT2D eigenvalue weighted by Crippen LogP contribution is 2.14. The molecule has 0 atom stereocenters. The molecule has 21 heavy (non-hydrogen) atoms. The molecule has 0 aliphatic heterocycles. The van der Waals surface area contributed by atoms with E-state index in [1.807, 2.05) is 42.5 Å². The minimum atomic E-state index is -1.15. The lowest BCUT2D eigenvalue weighted by Crippen LogP contribution is -1.98. The standard InChI is InChI=1S/C15H14N2O4/c18-15(19)9-17-21-10-12-4-6-14(7-5-12)20-11-13-3-1-2-8-16-13/h1-9H,10-11H2,(H,18,19). The number of nitrogens with zero attached hydrogens (tertiary/aromatic N) is 2. The fraction of sp³-hybridized carbons (Fsp3) is 0.133. The number of pyridine rings is 1. The zero-order valence-electron chi connectivity index (χ0n) is 11.2. The van der Waals surface area contributed by atoms with E-state index >= 15 is 0 Å². The fourth-order valence-electron chi connectivity index (χ4n) is 1.52. The molecule has 0 spiro atoms. The van der Waals surface area contributed by atoms with Crippen LogP contribution in [0.3, 0.4) is 0 Å². The highest BCUT2D eigenvalue weighted by atomic mass is 16.6. The number of aromatic nitrogens is 1. The van der Waals surface area contributed by atoms with Gasteiger partial charge in [0.05, 0.1) is 5.69 Å². The van der Waals surface area contributed by atoms with Crippen molar-refractivity contribution in [3.63, 3.8) is 0 Å². The van der Waals surface area contributed by atoms with E-state index in [0.29, 0.717) is 12.8 Å². The van der Waals surface area contributed by atoms with Gasteiger partial charge in [0.1, 0.15) is 19.0 Å². The van der Waals surface area contributed by atoms with Gasteiger partial charge in [0.2, 0.25) is 0 Å². The normalized spacial score (nSPS) is 10.5.